The molecule has 0 saturated carbocycles. The van der Waals surface area contributed by atoms with Crippen LogP contribution in [-0.4, -0.2) is 19.0 Å². The van der Waals surface area contributed by atoms with Gasteiger partial charge in [0.25, 0.3) is 0 Å². The van der Waals surface area contributed by atoms with Gasteiger partial charge in [0.2, 0.25) is 0 Å². The summed E-state index contributed by atoms with van der Waals surface area (Å²) in [6.45, 7) is 4.02. The molecule has 0 aliphatic carbocycles. The molecule has 0 aliphatic heterocycles. The van der Waals surface area contributed by atoms with E-state index >= 15 is 0 Å². The van der Waals surface area contributed by atoms with E-state index in [0.29, 0.717) is 12.2 Å². The molecule has 112 valence electrons. The van der Waals surface area contributed by atoms with Gasteiger partial charge >= 0.3 is 0 Å². The minimum Gasteiger partial charge on any atom is -0.490 e. The lowest BCUT2D eigenvalue weighted by Gasteiger charge is -2.02. The number of rotatable bonds is 6. The summed E-state index contributed by atoms with van der Waals surface area (Å²) in [7, 11) is 0. The van der Waals surface area contributed by atoms with Crippen molar-refractivity contribution < 1.29 is 13.5 Å². The first-order valence-corrected chi connectivity index (χ1v) is 6.54. The van der Waals surface area contributed by atoms with Crippen molar-refractivity contribution in [3.05, 3.63) is 77.9 Å². The normalized spacial score (nSPS) is 11.2. The van der Waals surface area contributed by atoms with E-state index in [4.69, 9.17) is 4.74 Å². The first-order valence-electron chi connectivity index (χ1n) is 6.54. The molecule has 0 amide bonds. The molecule has 3 nitrogen and oxygen atoms in total. The predicted molar refractivity (Wildman–Crippen MR) is 83.7 cm³/mol. The highest BCUT2D eigenvalue weighted by atomic mass is 19.2. The lowest BCUT2D eigenvalue weighted by Crippen LogP contribution is -1.92. The van der Waals surface area contributed by atoms with Crippen molar-refractivity contribution in [3.63, 3.8) is 0 Å². The summed E-state index contributed by atoms with van der Waals surface area (Å²) in [4.78, 5) is 0. The van der Waals surface area contributed by atoms with Crippen LogP contribution < -0.4 is 4.74 Å². The number of hydrogen-bond donors (Lipinski definition) is 0. The lowest BCUT2D eigenvalue weighted by atomic mass is 10.2. The maximum Gasteiger partial charge on any atom is 0.159 e. The Labute approximate surface area is 127 Å². The summed E-state index contributed by atoms with van der Waals surface area (Å²) in [6, 6.07) is 10.8. The van der Waals surface area contributed by atoms with Crippen molar-refractivity contribution in [3.8, 4) is 5.75 Å². The van der Waals surface area contributed by atoms with Crippen LogP contribution in [0.3, 0.4) is 0 Å². The molecule has 0 unspecified atom stereocenters. The van der Waals surface area contributed by atoms with E-state index in [2.05, 4.69) is 16.8 Å². The van der Waals surface area contributed by atoms with Gasteiger partial charge in [0.1, 0.15) is 12.4 Å². The molecule has 0 aliphatic rings. The number of hydrogen-bond acceptors (Lipinski definition) is 3. The second-order valence-electron chi connectivity index (χ2n) is 4.33. The average Bonchev–Trinajstić information content (AvgIpc) is 2.54. The fourth-order valence-electron chi connectivity index (χ4n) is 1.60. The van der Waals surface area contributed by atoms with Crippen LogP contribution in [0.2, 0.25) is 0 Å². The van der Waals surface area contributed by atoms with Gasteiger partial charge in [-0.25, -0.2) is 8.78 Å². The van der Waals surface area contributed by atoms with Gasteiger partial charge in [0.15, 0.2) is 11.6 Å². The van der Waals surface area contributed by atoms with E-state index in [0.717, 1.165) is 23.4 Å². The first kappa shape index (κ1) is 15.6. The van der Waals surface area contributed by atoms with Crippen molar-refractivity contribution in [2.24, 2.45) is 10.2 Å². The van der Waals surface area contributed by atoms with Gasteiger partial charge in [0, 0.05) is 0 Å². The highest BCUT2D eigenvalue weighted by Gasteiger charge is 2.00. The van der Waals surface area contributed by atoms with Crippen molar-refractivity contribution in [1.29, 1.82) is 0 Å². The van der Waals surface area contributed by atoms with Gasteiger partial charge in [0.05, 0.1) is 12.4 Å². The molecule has 5 heteroatoms. The molecule has 0 radical (unpaired) electrons. The quantitative estimate of drug-likeness (QED) is 0.451. The summed E-state index contributed by atoms with van der Waals surface area (Å²) in [5.41, 5.74) is 1.28. The number of nitrogens with zero attached hydrogens (tertiary/aromatic N) is 2. The van der Waals surface area contributed by atoms with Crippen LogP contribution >= 0.6 is 0 Å². The smallest absolute Gasteiger partial charge is 0.159 e. The third-order valence-corrected chi connectivity index (χ3v) is 2.67. The van der Waals surface area contributed by atoms with Crippen molar-refractivity contribution in [1.82, 2.24) is 0 Å². The van der Waals surface area contributed by atoms with Gasteiger partial charge < -0.3 is 4.74 Å². The van der Waals surface area contributed by atoms with E-state index in [-0.39, 0.29) is 0 Å². The molecule has 2 rings (SSSR count). The fourth-order valence-corrected chi connectivity index (χ4v) is 1.60. The Morgan fingerprint density at radius 2 is 1.55 bits per heavy atom. The molecule has 22 heavy (non-hydrogen) atoms. The zero-order valence-electron chi connectivity index (χ0n) is 11.7. The van der Waals surface area contributed by atoms with Crippen LogP contribution in [0.25, 0.3) is 0 Å². The van der Waals surface area contributed by atoms with E-state index in [1.54, 1.807) is 12.3 Å². The minimum atomic E-state index is -0.914. The second kappa shape index (κ2) is 7.83. The van der Waals surface area contributed by atoms with Gasteiger partial charge in [-0.2, -0.15) is 10.2 Å². The fraction of sp³-hybridized carbons (Fsp3) is 0.0588. The molecule has 0 bridgehead atoms. The lowest BCUT2D eigenvalue weighted by molar-refractivity contribution is 0.363. The molecule has 0 spiro atoms. The average molecular weight is 300 g/mol. The topological polar surface area (TPSA) is 34.0 Å². The van der Waals surface area contributed by atoms with Crippen molar-refractivity contribution in [2.45, 2.75) is 0 Å². The predicted octanol–water partition coefficient (Wildman–Crippen LogP) is 3.98. The Kier molecular flexibility index (Phi) is 5.54. The van der Waals surface area contributed by atoms with E-state index in [9.17, 15) is 8.78 Å². The number of halogens is 2. The molecule has 0 fully saturated rings. The van der Waals surface area contributed by atoms with Crippen LogP contribution in [0.5, 0.6) is 5.75 Å². The van der Waals surface area contributed by atoms with Crippen LogP contribution in [0.4, 0.5) is 8.78 Å². The van der Waals surface area contributed by atoms with Crippen LogP contribution in [-0.2, 0) is 0 Å². The van der Waals surface area contributed by atoms with E-state index in [1.807, 2.05) is 24.3 Å². The monoisotopic (exact) mass is 300 g/mol. The van der Waals surface area contributed by atoms with Gasteiger partial charge in [-0.05, 0) is 47.5 Å². The molecule has 0 aromatic heterocycles. The van der Waals surface area contributed by atoms with E-state index < -0.39 is 11.6 Å². The molecular formula is C17H14F2N2O. The van der Waals surface area contributed by atoms with E-state index in [1.165, 1.54) is 12.3 Å². The Morgan fingerprint density at radius 1 is 0.909 bits per heavy atom. The minimum absolute atomic E-state index is 0.434. The molecule has 2 aromatic carbocycles. The van der Waals surface area contributed by atoms with Gasteiger partial charge in [-0.3, -0.25) is 0 Å². The SMILES string of the molecule is C=CCOc1ccc(/C=N/N=C/c2ccc(F)c(F)c2)cc1. The Balaban J connectivity index is 1.95. The molecule has 0 saturated heterocycles. The highest BCUT2D eigenvalue weighted by Crippen LogP contribution is 2.11. The molecule has 0 heterocycles. The van der Waals surface area contributed by atoms with Crippen LogP contribution in [0, 0.1) is 11.6 Å². The summed E-state index contributed by atoms with van der Waals surface area (Å²) in [5.74, 6) is -1.07. The van der Waals surface area contributed by atoms with Crippen LogP contribution in [0.15, 0.2) is 65.3 Å². The molecule has 0 N–H and O–H groups in total. The first-order chi connectivity index (χ1) is 10.7. The Bertz CT molecular complexity index is 694. The van der Waals surface area contributed by atoms with Crippen LogP contribution in [0.1, 0.15) is 11.1 Å². The summed E-state index contributed by atoms with van der Waals surface area (Å²) < 4.78 is 31.1. The zero-order chi connectivity index (χ0) is 15.8. The Morgan fingerprint density at radius 3 is 2.18 bits per heavy atom. The Hall–Kier alpha value is -2.82. The highest BCUT2D eigenvalue weighted by molar-refractivity contribution is 5.82. The molecule has 0 atom stereocenters. The number of benzene rings is 2. The summed E-state index contributed by atoms with van der Waals surface area (Å²) in [5, 5.41) is 7.64. The molecule has 2 aromatic rings. The zero-order valence-corrected chi connectivity index (χ0v) is 11.7. The number of ether oxygens (including phenoxy) is 1. The van der Waals surface area contributed by atoms with Gasteiger partial charge in [-0.1, -0.05) is 18.7 Å². The standard InChI is InChI=1S/C17H14F2N2O/c1-2-9-22-15-6-3-13(4-7-15)11-20-21-12-14-5-8-16(18)17(19)10-14/h2-8,10-12H,1,9H2/b20-11+,21-12+. The maximum absolute atomic E-state index is 13.0. The summed E-state index contributed by atoms with van der Waals surface area (Å²) in [6.07, 6.45) is 4.57. The maximum atomic E-state index is 13.0. The third-order valence-electron chi connectivity index (χ3n) is 2.67. The van der Waals surface area contributed by atoms with Crippen molar-refractivity contribution in [2.75, 3.05) is 6.61 Å². The second-order valence-corrected chi connectivity index (χ2v) is 4.33. The third kappa shape index (κ3) is 4.63. The summed E-state index contributed by atoms with van der Waals surface area (Å²) >= 11 is 0. The van der Waals surface area contributed by atoms with Gasteiger partial charge in [-0.15, -0.1) is 0 Å². The largest absolute Gasteiger partial charge is 0.490 e. The van der Waals surface area contributed by atoms with Crippen molar-refractivity contribution >= 4 is 12.4 Å². The molecular weight excluding hydrogens is 286 g/mol.